The molecule has 0 saturated carbocycles. The van der Waals surface area contributed by atoms with Crippen molar-refractivity contribution in [1.82, 2.24) is 10.2 Å². The van der Waals surface area contributed by atoms with E-state index in [1.165, 1.54) is 24.3 Å². The van der Waals surface area contributed by atoms with Gasteiger partial charge in [0.1, 0.15) is 5.82 Å². The van der Waals surface area contributed by atoms with Crippen LogP contribution in [0, 0.1) is 11.7 Å². The van der Waals surface area contributed by atoms with Gasteiger partial charge in [-0.3, -0.25) is 4.79 Å². The normalized spacial score (nSPS) is 16.8. The lowest BCUT2D eigenvalue weighted by molar-refractivity contribution is -0.137. The van der Waals surface area contributed by atoms with Gasteiger partial charge in [-0.15, -0.1) is 0 Å². The van der Waals surface area contributed by atoms with Crippen LogP contribution in [0.4, 0.5) is 28.0 Å². The molecule has 0 radical (unpaired) electrons. The number of hydrogen-bond donors (Lipinski definition) is 2. The Hall–Kier alpha value is -3.10. The van der Waals surface area contributed by atoms with E-state index in [0.29, 0.717) is 13.1 Å². The summed E-state index contributed by atoms with van der Waals surface area (Å²) < 4.78 is 50.6. The van der Waals surface area contributed by atoms with E-state index in [0.717, 1.165) is 17.7 Å². The minimum absolute atomic E-state index is 0.0516. The number of halogens is 4. The van der Waals surface area contributed by atoms with E-state index in [4.69, 9.17) is 0 Å². The number of urea groups is 1. The Morgan fingerprint density at radius 1 is 1.07 bits per heavy atom. The highest BCUT2D eigenvalue weighted by atomic mass is 19.4. The molecular weight excluding hydrogens is 390 g/mol. The van der Waals surface area contributed by atoms with Crippen LogP contribution in [0.15, 0.2) is 48.5 Å². The van der Waals surface area contributed by atoms with E-state index in [2.05, 4.69) is 10.6 Å². The first-order chi connectivity index (χ1) is 13.7. The van der Waals surface area contributed by atoms with Crippen molar-refractivity contribution >= 4 is 17.6 Å². The molecule has 2 N–H and O–H groups in total. The van der Waals surface area contributed by atoms with Gasteiger partial charge in [-0.05, 0) is 42.0 Å². The minimum Gasteiger partial charge on any atom is -0.338 e. The Balaban J connectivity index is 1.45. The summed E-state index contributed by atoms with van der Waals surface area (Å²) in [6.45, 7) is 1.07. The van der Waals surface area contributed by atoms with Gasteiger partial charge in [-0.25, -0.2) is 9.18 Å². The Kier molecular flexibility index (Phi) is 6.05. The fourth-order valence-electron chi connectivity index (χ4n) is 3.11. The van der Waals surface area contributed by atoms with Crippen LogP contribution in [0.25, 0.3) is 0 Å². The molecule has 2 aromatic carbocycles. The van der Waals surface area contributed by atoms with Crippen LogP contribution < -0.4 is 10.6 Å². The van der Waals surface area contributed by atoms with Crippen molar-refractivity contribution in [3.05, 3.63) is 65.5 Å². The van der Waals surface area contributed by atoms with Crippen molar-refractivity contribution < 1.29 is 27.2 Å². The SMILES string of the molecule is O=C(NC[C@H]1CC(=O)N(Cc2ccc(F)cc2)C1)Nc1ccc(C(F)(F)F)cc1. The Labute approximate surface area is 164 Å². The number of benzene rings is 2. The number of amides is 3. The third kappa shape index (κ3) is 5.69. The van der Waals surface area contributed by atoms with Crippen molar-refractivity contribution in [1.29, 1.82) is 0 Å². The van der Waals surface area contributed by atoms with Gasteiger partial charge in [-0.1, -0.05) is 12.1 Å². The van der Waals surface area contributed by atoms with Crippen molar-refractivity contribution in [2.75, 3.05) is 18.4 Å². The number of carbonyl (C=O) groups excluding carboxylic acids is 2. The zero-order valence-corrected chi connectivity index (χ0v) is 15.3. The van der Waals surface area contributed by atoms with Crippen LogP contribution in [0.2, 0.25) is 0 Å². The lowest BCUT2D eigenvalue weighted by Crippen LogP contribution is -2.34. The number of likely N-dealkylation sites (tertiary alicyclic amines) is 1. The molecule has 1 fully saturated rings. The number of anilines is 1. The molecule has 5 nitrogen and oxygen atoms in total. The molecule has 0 bridgehead atoms. The molecule has 0 aromatic heterocycles. The number of carbonyl (C=O) groups is 2. The lowest BCUT2D eigenvalue weighted by Gasteiger charge is -2.17. The molecule has 1 saturated heterocycles. The zero-order valence-electron chi connectivity index (χ0n) is 15.3. The van der Waals surface area contributed by atoms with Crippen LogP contribution in [0.3, 0.4) is 0 Å². The maximum absolute atomic E-state index is 13.0. The summed E-state index contributed by atoms with van der Waals surface area (Å²) in [5.41, 5.74) is 0.249. The van der Waals surface area contributed by atoms with Crippen LogP contribution in [0.5, 0.6) is 0 Å². The van der Waals surface area contributed by atoms with Gasteiger partial charge in [-0.2, -0.15) is 13.2 Å². The van der Waals surface area contributed by atoms with E-state index in [1.54, 1.807) is 17.0 Å². The van der Waals surface area contributed by atoms with Crippen molar-refractivity contribution in [2.24, 2.45) is 5.92 Å². The summed E-state index contributed by atoms with van der Waals surface area (Å²) in [5, 5.41) is 5.09. The highest BCUT2D eigenvalue weighted by Gasteiger charge is 2.31. The summed E-state index contributed by atoms with van der Waals surface area (Å²) in [4.78, 5) is 25.7. The molecule has 1 aliphatic heterocycles. The molecule has 29 heavy (non-hydrogen) atoms. The second kappa shape index (κ2) is 8.50. The molecule has 3 amide bonds. The fourth-order valence-corrected chi connectivity index (χ4v) is 3.11. The maximum Gasteiger partial charge on any atom is 0.416 e. The fraction of sp³-hybridized carbons (Fsp3) is 0.300. The molecule has 9 heteroatoms. The molecule has 1 atom stereocenters. The summed E-state index contributed by atoms with van der Waals surface area (Å²) in [6, 6.07) is 9.46. The van der Waals surface area contributed by atoms with Crippen LogP contribution in [0.1, 0.15) is 17.5 Å². The lowest BCUT2D eigenvalue weighted by atomic mass is 10.1. The Morgan fingerprint density at radius 2 is 1.72 bits per heavy atom. The van der Waals surface area contributed by atoms with Gasteiger partial charge in [0.05, 0.1) is 5.56 Å². The number of hydrogen-bond acceptors (Lipinski definition) is 2. The second-order valence-electron chi connectivity index (χ2n) is 6.88. The molecule has 154 valence electrons. The topological polar surface area (TPSA) is 61.4 Å². The second-order valence-corrected chi connectivity index (χ2v) is 6.88. The predicted octanol–water partition coefficient (Wildman–Crippen LogP) is 4.01. The third-order valence-electron chi connectivity index (χ3n) is 4.60. The summed E-state index contributed by atoms with van der Waals surface area (Å²) in [6.07, 6.45) is -4.16. The first kappa shape index (κ1) is 20.6. The Morgan fingerprint density at radius 3 is 2.34 bits per heavy atom. The number of alkyl halides is 3. The number of rotatable bonds is 5. The highest BCUT2D eigenvalue weighted by Crippen LogP contribution is 2.29. The smallest absolute Gasteiger partial charge is 0.338 e. The highest BCUT2D eigenvalue weighted by molar-refractivity contribution is 5.89. The molecule has 0 aliphatic carbocycles. The molecule has 1 aliphatic rings. The Bertz CT molecular complexity index is 867. The van der Waals surface area contributed by atoms with Crippen LogP contribution in [-0.4, -0.2) is 29.9 Å². The molecule has 1 heterocycles. The van der Waals surface area contributed by atoms with E-state index in [1.807, 2.05) is 0 Å². The number of nitrogens with one attached hydrogen (secondary N) is 2. The monoisotopic (exact) mass is 409 g/mol. The van der Waals surface area contributed by atoms with Crippen molar-refractivity contribution in [3.63, 3.8) is 0 Å². The van der Waals surface area contributed by atoms with E-state index in [-0.39, 0.29) is 36.3 Å². The van der Waals surface area contributed by atoms with E-state index in [9.17, 15) is 27.2 Å². The largest absolute Gasteiger partial charge is 0.416 e. The first-order valence-corrected chi connectivity index (χ1v) is 8.95. The quantitative estimate of drug-likeness (QED) is 0.733. The minimum atomic E-state index is -4.43. The standard InChI is InChI=1S/C20H19F4N3O2/c21-16-5-1-13(2-6-16)11-27-12-14(9-18(27)28)10-25-19(29)26-17-7-3-15(4-8-17)20(22,23)24/h1-8,14H,9-12H2,(H2,25,26,29)/t14-/m1/s1. The molecular formula is C20H19F4N3O2. The van der Waals surface area contributed by atoms with Gasteiger partial charge >= 0.3 is 12.2 Å². The van der Waals surface area contributed by atoms with E-state index < -0.39 is 17.8 Å². The van der Waals surface area contributed by atoms with Crippen LogP contribution in [-0.2, 0) is 17.5 Å². The molecule has 0 spiro atoms. The van der Waals surface area contributed by atoms with Gasteiger partial charge in [0.2, 0.25) is 5.91 Å². The predicted molar refractivity (Wildman–Crippen MR) is 98.4 cm³/mol. The molecule has 0 unspecified atom stereocenters. The summed E-state index contributed by atoms with van der Waals surface area (Å²) in [7, 11) is 0. The van der Waals surface area contributed by atoms with Gasteiger partial charge in [0.25, 0.3) is 0 Å². The summed E-state index contributed by atoms with van der Waals surface area (Å²) in [5.74, 6) is -0.479. The maximum atomic E-state index is 13.0. The summed E-state index contributed by atoms with van der Waals surface area (Å²) >= 11 is 0. The third-order valence-corrected chi connectivity index (χ3v) is 4.60. The average Bonchev–Trinajstić information content (AvgIpc) is 3.01. The van der Waals surface area contributed by atoms with Crippen molar-refractivity contribution in [3.8, 4) is 0 Å². The van der Waals surface area contributed by atoms with E-state index >= 15 is 0 Å². The molecule has 3 rings (SSSR count). The zero-order chi connectivity index (χ0) is 21.0. The average molecular weight is 409 g/mol. The van der Waals surface area contributed by atoms with Crippen molar-refractivity contribution in [2.45, 2.75) is 19.1 Å². The molecule has 2 aromatic rings. The van der Waals surface area contributed by atoms with Gasteiger partial charge in [0.15, 0.2) is 0 Å². The van der Waals surface area contributed by atoms with Crippen LogP contribution >= 0.6 is 0 Å². The van der Waals surface area contributed by atoms with Gasteiger partial charge < -0.3 is 15.5 Å². The number of nitrogens with zero attached hydrogens (tertiary/aromatic N) is 1. The van der Waals surface area contributed by atoms with Gasteiger partial charge in [0, 0.05) is 37.7 Å². The first-order valence-electron chi connectivity index (χ1n) is 8.95.